The minimum atomic E-state index is -0.515. The van der Waals surface area contributed by atoms with E-state index in [-0.39, 0.29) is 35.4 Å². The smallest absolute Gasteiger partial charge is 0.225 e. The van der Waals surface area contributed by atoms with E-state index in [1.807, 2.05) is 4.90 Å². The summed E-state index contributed by atoms with van der Waals surface area (Å²) in [6, 6.07) is 5.04. The molecule has 9 nitrogen and oxygen atoms in total. The monoisotopic (exact) mass is 423 g/mol. The first-order valence-corrected chi connectivity index (χ1v) is 10.4. The van der Waals surface area contributed by atoms with E-state index in [9.17, 15) is 9.18 Å². The van der Waals surface area contributed by atoms with E-state index in [1.54, 1.807) is 0 Å². The molecule has 3 aromatic rings. The number of piperidine rings is 1. The molecule has 0 unspecified atom stereocenters. The number of nitrogen functional groups attached to an aromatic ring is 1. The van der Waals surface area contributed by atoms with Crippen LogP contribution in [0.5, 0.6) is 5.75 Å². The second-order valence-electron chi connectivity index (χ2n) is 8.30. The number of rotatable bonds is 3. The van der Waals surface area contributed by atoms with Gasteiger partial charge < -0.3 is 15.4 Å². The zero-order valence-electron chi connectivity index (χ0n) is 17.1. The number of fused-ring (bicyclic) bond motifs is 3. The first kappa shape index (κ1) is 19.5. The zero-order chi connectivity index (χ0) is 21.7. The number of aromatic nitrogens is 4. The van der Waals surface area contributed by atoms with Crippen LogP contribution in [0.3, 0.4) is 0 Å². The van der Waals surface area contributed by atoms with Gasteiger partial charge in [-0.05, 0) is 31.7 Å². The lowest BCUT2D eigenvalue weighted by molar-refractivity contribution is -0.140. The van der Waals surface area contributed by atoms with Gasteiger partial charge in [0.1, 0.15) is 0 Å². The molecular weight excluding hydrogens is 401 g/mol. The molecule has 2 aliphatic rings. The molecule has 2 N–H and O–H groups in total. The molecule has 2 fully saturated rings. The largest absolute Gasteiger partial charge is 0.494 e. The Labute approximate surface area is 177 Å². The highest BCUT2D eigenvalue weighted by Crippen LogP contribution is 2.36. The number of halogens is 1. The number of nitrogens with two attached hydrogens (primary N) is 1. The van der Waals surface area contributed by atoms with Crippen LogP contribution in [0.2, 0.25) is 0 Å². The van der Waals surface area contributed by atoms with E-state index in [0.29, 0.717) is 48.3 Å². The van der Waals surface area contributed by atoms with Gasteiger partial charge in [-0.15, -0.1) is 5.10 Å². The molecule has 1 saturated heterocycles. The van der Waals surface area contributed by atoms with E-state index >= 15 is 0 Å². The van der Waals surface area contributed by atoms with Gasteiger partial charge in [0, 0.05) is 42.3 Å². The second kappa shape index (κ2) is 7.34. The van der Waals surface area contributed by atoms with Crippen molar-refractivity contribution in [2.75, 3.05) is 25.9 Å². The van der Waals surface area contributed by atoms with Crippen molar-refractivity contribution >= 4 is 28.4 Å². The van der Waals surface area contributed by atoms with Crippen LogP contribution in [0.15, 0.2) is 12.1 Å². The molecule has 1 amide bonds. The predicted octanol–water partition coefficient (Wildman–Crippen LogP) is 2.26. The summed E-state index contributed by atoms with van der Waals surface area (Å²) in [5.41, 5.74) is 6.99. The Balaban J connectivity index is 1.45. The average molecular weight is 423 g/mol. The third-order valence-electron chi connectivity index (χ3n) is 6.35. The summed E-state index contributed by atoms with van der Waals surface area (Å²) >= 11 is 0. The fraction of sp³-hybridized carbons (Fsp3) is 0.476. The Morgan fingerprint density at radius 3 is 2.90 bits per heavy atom. The number of benzene rings is 1. The molecule has 160 valence electrons. The summed E-state index contributed by atoms with van der Waals surface area (Å²) in [6.45, 7) is 1.23. The van der Waals surface area contributed by atoms with Crippen LogP contribution in [0.4, 0.5) is 10.3 Å². The summed E-state index contributed by atoms with van der Waals surface area (Å²) in [5, 5.41) is 14.0. The number of carbonyl (C=O) groups is 1. The van der Waals surface area contributed by atoms with Crippen molar-refractivity contribution in [3.63, 3.8) is 0 Å². The normalized spacial score (nSPS) is 23.5. The standard InChI is InChI=1S/C21H22FN7O2/c1-31-17-8-16-14(7-15(17)22)19-26-18(27-29(19)21(24)25-16)12-3-2-4-28(10-12)20(30)13-5-11(6-13)9-23/h7-8,11-13H,2-6,10H2,1H3,(H2,24,25)/t11?,12-,13?/m1/s1. The van der Waals surface area contributed by atoms with Crippen molar-refractivity contribution in [1.82, 2.24) is 24.5 Å². The van der Waals surface area contributed by atoms with Gasteiger partial charge in [0.05, 0.1) is 18.7 Å². The van der Waals surface area contributed by atoms with Crippen molar-refractivity contribution in [3.8, 4) is 11.8 Å². The lowest BCUT2D eigenvalue weighted by atomic mass is 9.75. The van der Waals surface area contributed by atoms with Gasteiger partial charge in [0.2, 0.25) is 11.9 Å². The Kier molecular flexibility index (Phi) is 4.61. The maximum Gasteiger partial charge on any atom is 0.225 e. The maximum absolute atomic E-state index is 14.3. The number of anilines is 1. The van der Waals surface area contributed by atoms with E-state index in [1.165, 1.54) is 23.8 Å². The number of nitriles is 1. The topological polar surface area (TPSA) is 122 Å². The van der Waals surface area contributed by atoms with Crippen LogP contribution in [0, 0.1) is 29.0 Å². The molecule has 1 saturated carbocycles. The Morgan fingerprint density at radius 1 is 1.35 bits per heavy atom. The van der Waals surface area contributed by atoms with Crippen molar-refractivity contribution in [3.05, 3.63) is 23.8 Å². The first-order chi connectivity index (χ1) is 15.0. The number of nitrogens with zero attached hydrogens (tertiary/aromatic N) is 6. The Hall–Kier alpha value is -3.48. The molecule has 1 atom stereocenters. The van der Waals surface area contributed by atoms with Gasteiger partial charge in [-0.25, -0.2) is 14.4 Å². The molecule has 0 bridgehead atoms. The third-order valence-corrected chi connectivity index (χ3v) is 6.35. The minimum absolute atomic E-state index is 0.00239. The summed E-state index contributed by atoms with van der Waals surface area (Å²) in [5.74, 6) is 0.298. The number of likely N-dealkylation sites (tertiary alicyclic amines) is 1. The predicted molar refractivity (Wildman–Crippen MR) is 110 cm³/mol. The maximum atomic E-state index is 14.3. The summed E-state index contributed by atoms with van der Waals surface area (Å²) in [4.78, 5) is 23.6. The van der Waals surface area contributed by atoms with Crippen LogP contribution in [0.25, 0.3) is 16.6 Å². The summed E-state index contributed by atoms with van der Waals surface area (Å²) < 4.78 is 20.8. The minimum Gasteiger partial charge on any atom is -0.494 e. The van der Waals surface area contributed by atoms with Crippen molar-refractivity contribution in [1.29, 1.82) is 5.26 Å². The Bertz CT molecular complexity index is 1230. The third kappa shape index (κ3) is 3.21. The Morgan fingerprint density at radius 2 is 2.16 bits per heavy atom. The first-order valence-electron chi connectivity index (χ1n) is 10.4. The summed E-state index contributed by atoms with van der Waals surface area (Å²) in [7, 11) is 1.39. The van der Waals surface area contributed by atoms with Gasteiger partial charge in [-0.3, -0.25) is 4.79 Å². The van der Waals surface area contributed by atoms with Crippen molar-refractivity contribution in [2.45, 2.75) is 31.6 Å². The fourth-order valence-electron chi connectivity index (χ4n) is 4.55. The SMILES string of the molecule is COc1cc2nc(N)n3nc([C@@H]4CCCN(C(=O)C5CC(C#N)C5)C4)nc3c2cc1F. The number of methoxy groups -OCH3 is 1. The fourth-order valence-corrected chi connectivity index (χ4v) is 4.55. The van der Waals surface area contributed by atoms with Gasteiger partial charge in [0.15, 0.2) is 23.0 Å². The molecule has 0 radical (unpaired) electrons. The summed E-state index contributed by atoms with van der Waals surface area (Å²) in [6.07, 6.45) is 2.99. The molecule has 1 aliphatic heterocycles. The highest BCUT2D eigenvalue weighted by Gasteiger charge is 2.38. The van der Waals surface area contributed by atoms with E-state index in [4.69, 9.17) is 15.7 Å². The number of amides is 1. The van der Waals surface area contributed by atoms with Gasteiger partial charge in [0.25, 0.3) is 0 Å². The van der Waals surface area contributed by atoms with E-state index in [0.717, 1.165) is 12.8 Å². The number of carbonyl (C=O) groups excluding carboxylic acids is 1. The van der Waals surface area contributed by atoms with Gasteiger partial charge in [-0.2, -0.15) is 9.78 Å². The highest BCUT2D eigenvalue weighted by molar-refractivity contribution is 5.93. The van der Waals surface area contributed by atoms with E-state index in [2.05, 4.69) is 21.1 Å². The highest BCUT2D eigenvalue weighted by atomic mass is 19.1. The average Bonchev–Trinajstić information content (AvgIpc) is 3.20. The number of hydrogen-bond donors (Lipinski definition) is 1. The molecule has 1 aromatic carbocycles. The molecule has 31 heavy (non-hydrogen) atoms. The van der Waals surface area contributed by atoms with Crippen LogP contribution < -0.4 is 10.5 Å². The van der Waals surface area contributed by atoms with Gasteiger partial charge in [-0.1, -0.05) is 0 Å². The molecule has 10 heteroatoms. The van der Waals surface area contributed by atoms with Crippen LogP contribution in [0.1, 0.15) is 37.4 Å². The zero-order valence-corrected chi connectivity index (χ0v) is 17.1. The van der Waals surface area contributed by atoms with E-state index < -0.39 is 5.82 Å². The molecule has 1 aliphatic carbocycles. The molecule has 3 heterocycles. The molecule has 2 aromatic heterocycles. The van der Waals surface area contributed by atoms with Crippen molar-refractivity contribution in [2.24, 2.45) is 11.8 Å². The lowest BCUT2D eigenvalue weighted by Gasteiger charge is -2.38. The number of ether oxygens (including phenoxy) is 1. The van der Waals surface area contributed by atoms with Crippen LogP contribution in [-0.4, -0.2) is 50.6 Å². The van der Waals surface area contributed by atoms with Crippen molar-refractivity contribution < 1.29 is 13.9 Å². The molecule has 0 spiro atoms. The second-order valence-corrected chi connectivity index (χ2v) is 8.30. The lowest BCUT2D eigenvalue weighted by Crippen LogP contribution is -2.45. The number of hydrogen-bond acceptors (Lipinski definition) is 7. The molecule has 5 rings (SSSR count). The quantitative estimate of drug-likeness (QED) is 0.685. The van der Waals surface area contributed by atoms with Gasteiger partial charge >= 0.3 is 0 Å². The van der Waals surface area contributed by atoms with Crippen LogP contribution in [-0.2, 0) is 4.79 Å². The molecular formula is C21H22FN7O2. The van der Waals surface area contributed by atoms with Crippen LogP contribution >= 0.6 is 0 Å².